The quantitative estimate of drug-likeness (QED) is 0.639. The van der Waals surface area contributed by atoms with Crippen LogP contribution < -0.4 is 0 Å². The first-order valence-electron chi connectivity index (χ1n) is 4.99. The molecule has 1 aliphatic rings. The van der Waals surface area contributed by atoms with Crippen LogP contribution in [0.3, 0.4) is 0 Å². The normalized spacial score (nSPS) is 19.2. The topological polar surface area (TPSA) is 3.24 Å². The molecule has 0 aliphatic heterocycles. The zero-order chi connectivity index (χ0) is 10.8. The fourth-order valence-electron chi connectivity index (χ4n) is 1.90. The summed E-state index contributed by atoms with van der Waals surface area (Å²) in [5.74, 6) is 0. The van der Waals surface area contributed by atoms with Crippen LogP contribution in [0.5, 0.6) is 0 Å². The van der Waals surface area contributed by atoms with E-state index in [9.17, 15) is 12.9 Å². The summed E-state index contributed by atoms with van der Waals surface area (Å²) in [7, 11) is 1.75. The molecule has 0 atom stereocenters. The lowest BCUT2D eigenvalue weighted by molar-refractivity contribution is 0.264. The van der Waals surface area contributed by atoms with Crippen molar-refractivity contribution in [3.8, 4) is 0 Å². The molecule has 0 spiro atoms. The van der Waals surface area contributed by atoms with Gasteiger partial charge in [0, 0.05) is 6.04 Å². The number of likely N-dealkylation sites (N-methyl/N-ethyl adjacent to an activating group) is 1. The van der Waals surface area contributed by atoms with Crippen LogP contribution in [0.2, 0.25) is 0 Å². The smallest absolute Gasteiger partial charge is 0.445 e. The lowest BCUT2D eigenvalue weighted by atomic mass is 9.80. The summed E-state index contributed by atoms with van der Waals surface area (Å²) in [5.41, 5.74) is -0.584. The van der Waals surface area contributed by atoms with Gasteiger partial charge in [0.15, 0.2) is 0 Å². The van der Waals surface area contributed by atoms with Crippen molar-refractivity contribution in [3.63, 3.8) is 0 Å². The Hall–Kier alpha value is -0.445. The molecule has 0 bridgehead atoms. The second-order valence-corrected chi connectivity index (χ2v) is 4.09. The van der Waals surface area contributed by atoms with Gasteiger partial charge in [0.25, 0.3) is 0 Å². The van der Waals surface area contributed by atoms with Crippen molar-refractivity contribution in [2.45, 2.75) is 31.7 Å². The van der Waals surface area contributed by atoms with Crippen molar-refractivity contribution in [3.05, 3.63) is 12.1 Å². The fourth-order valence-corrected chi connectivity index (χ4v) is 1.90. The molecule has 0 saturated heterocycles. The summed E-state index contributed by atoms with van der Waals surface area (Å²) >= 11 is 0. The van der Waals surface area contributed by atoms with E-state index < -0.39 is 12.4 Å². The van der Waals surface area contributed by atoms with Gasteiger partial charge < -0.3 is 17.8 Å². The van der Waals surface area contributed by atoms with Gasteiger partial charge in [0.05, 0.1) is 0 Å². The van der Waals surface area contributed by atoms with E-state index >= 15 is 0 Å². The summed E-state index contributed by atoms with van der Waals surface area (Å²) in [6.07, 6.45) is 4.32. The highest BCUT2D eigenvalue weighted by molar-refractivity contribution is 6.66. The third-order valence-corrected chi connectivity index (χ3v) is 2.86. The molecule has 0 unspecified atom stereocenters. The van der Waals surface area contributed by atoms with Crippen LogP contribution in [-0.2, 0) is 0 Å². The molecule has 1 nitrogen and oxygen atoms in total. The first kappa shape index (κ1) is 11.6. The van der Waals surface area contributed by atoms with Crippen molar-refractivity contribution in [1.29, 1.82) is 0 Å². The van der Waals surface area contributed by atoms with Gasteiger partial charge in [-0.2, -0.15) is 0 Å². The first-order valence-corrected chi connectivity index (χ1v) is 4.99. The maximum absolute atomic E-state index is 12.2. The predicted molar refractivity (Wildman–Crippen MR) is 53.1 cm³/mol. The van der Waals surface area contributed by atoms with E-state index in [-0.39, 0.29) is 6.54 Å². The molecule has 14 heavy (non-hydrogen) atoms. The molecule has 1 fully saturated rings. The molecule has 0 aromatic heterocycles. The minimum absolute atomic E-state index is 0.0336. The average Bonchev–Trinajstić information content (AvgIpc) is 2.53. The standard InChI is InChI=1S/C9H16BF3N/c1-8(10(11,12)13)7-14(2)9-5-3-4-6-9/h9H,1,3-7H2,2H3/q-1. The Morgan fingerprint density at radius 3 is 2.29 bits per heavy atom. The maximum atomic E-state index is 12.2. The van der Waals surface area contributed by atoms with Gasteiger partial charge in [0.1, 0.15) is 0 Å². The predicted octanol–water partition coefficient (Wildman–Crippen LogP) is 2.80. The Labute approximate surface area is 83.0 Å². The highest BCUT2D eigenvalue weighted by atomic mass is 19.4. The zero-order valence-electron chi connectivity index (χ0n) is 8.48. The molecule has 0 amide bonds. The summed E-state index contributed by atoms with van der Waals surface area (Å²) in [5, 5.41) is 0. The van der Waals surface area contributed by atoms with Crippen LogP contribution in [0.25, 0.3) is 0 Å². The van der Waals surface area contributed by atoms with Crippen molar-refractivity contribution in [2.24, 2.45) is 0 Å². The SMILES string of the molecule is C=C(CN(C)C1CCCC1)[B-](F)(F)F. The zero-order valence-corrected chi connectivity index (χ0v) is 8.48. The molecule has 0 N–H and O–H groups in total. The van der Waals surface area contributed by atoms with E-state index in [1.54, 1.807) is 11.9 Å². The van der Waals surface area contributed by atoms with Gasteiger partial charge in [-0.25, -0.2) is 0 Å². The van der Waals surface area contributed by atoms with Crippen molar-refractivity contribution in [1.82, 2.24) is 4.90 Å². The number of rotatable bonds is 4. The number of halogens is 3. The van der Waals surface area contributed by atoms with Crippen LogP contribution in [0.1, 0.15) is 25.7 Å². The molecule has 82 valence electrons. The number of hydrogen-bond donors (Lipinski definition) is 0. The Morgan fingerprint density at radius 1 is 1.36 bits per heavy atom. The molecule has 1 aliphatic carbocycles. The van der Waals surface area contributed by atoms with Crippen molar-refractivity contribution >= 4 is 6.98 Å². The Morgan fingerprint density at radius 2 is 1.86 bits per heavy atom. The number of hydrogen-bond acceptors (Lipinski definition) is 1. The Bertz CT molecular complexity index is 209. The monoisotopic (exact) mass is 206 g/mol. The van der Waals surface area contributed by atoms with E-state index in [0.29, 0.717) is 6.04 Å². The Balaban J connectivity index is 2.39. The van der Waals surface area contributed by atoms with E-state index in [1.807, 2.05) is 0 Å². The second-order valence-electron chi connectivity index (χ2n) is 4.09. The van der Waals surface area contributed by atoms with Gasteiger partial charge in [-0.1, -0.05) is 12.8 Å². The largest absolute Gasteiger partial charge is 0.506 e. The van der Waals surface area contributed by atoms with Crippen molar-refractivity contribution in [2.75, 3.05) is 13.6 Å². The molecule has 1 saturated carbocycles. The molecular formula is C9H16BF3N-. The summed E-state index contributed by atoms with van der Waals surface area (Å²) in [6.45, 7) is -1.79. The van der Waals surface area contributed by atoms with Gasteiger partial charge in [-0.3, -0.25) is 0 Å². The molecule has 0 aromatic carbocycles. The average molecular weight is 206 g/mol. The van der Waals surface area contributed by atoms with E-state index in [0.717, 1.165) is 25.7 Å². The Kier molecular flexibility index (Phi) is 3.64. The summed E-state index contributed by atoms with van der Waals surface area (Å²) in [6, 6.07) is 0.324. The molecular weight excluding hydrogens is 190 g/mol. The van der Waals surface area contributed by atoms with Crippen LogP contribution in [-0.4, -0.2) is 31.5 Å². The van der Waals surface area contributed by atoms with Crippen LogP contribution in [0.4, 0.5) is 12.9 Å². The third-order valence-electron chi connectivity index (χ3n) is 2.86. The lowest BCUT2D eigenvalue weighted by Crippen LogP contribution is -2.35. The minimum Gasteiger partial charge on any atom is -0.445 e. The highest BCUT2D eigenvalue weighted by Crippen LogP contribution is 2.25. The molecule has 0 heterocycles. The van der Waals surface area contributed by atoms with Gasteiger partial charge in [-0.05, 0) is 26.4 Å². The van der Waals surface area contributed by atoms with Gasteiger partial charge in [-0.15, -0.1) is 12.1 Å². The molecule has 0 aromatic rings. The summed E-state index contributed by atoms with van der Waals surface area (Å²) in [4.78, 5) is 1.78. The highest BCUT2D eigenvalue weighted by Gasteiger charge is 2.29. The molecule has 0 radical (unpaired) electrons. The minimum atomic E-state index is -4.86. The molecule has 5 heteroatoms. The third kappa shape index (κ3) is 3.05. The summed E-state index contributed by atoms with van der Waals surface area (Å²) < 4.78 is 36.7. The van der Waals surface area contributed by atoms with E-state index in [2.05, 4.69) is 6.58 Å². The van der Waals surface area contributed by atoms with Gasteiger partial charge >= 0.3 is 6.98 Å². The van der Waals surface area contributed by atoms with Crippen molar-refractivity contribution < 1.29 is 12.9 Å². The van der Waals surface area contributed by atoms with Crippen LogP contribution >= 0.6 is 0 Å². The maximum Gasteiger partial charge on any atom is 0.506 e. The lowest BCUT2D eigenvalue weighted by Gasteiger charge is -2.28. The van der Waals surface area contributed by atoms with Crippen LogP contribution in [0.15, 0.2) is 12.1 Å². The van der Waals surface area contributed by atoms with E-state index in [1.165, 1.54) is 0 Å². The first-order chi connectivity index (χ1) is 6.41. The van der Waals surface area contributed by atoms with E-state index in [4.69, 9.17) is 0 Å². The van der Waals surface area contributed by atoms with Gasteiger partial charge in [0.2, 0.25) is 0 Å². The fraction of sp³-hybridized carbons (Fsp3) is 0.778. The second kappa shape index (κ2) is 4.38. The van der Waals surface area contributed by atoms with Crippen LogP contribution in [0, 0.1) is 0 Å². The molecule has 1 rings (SSSR count). The number of nitrogens with zero attached hydrogens (tertiary/aromatic N) is 1.